The highest BCUT2D eigenvalue weighted by molar-refractivity contribution is 7.90. The molecule has 1 fully saturated rings. The van der Waals surface area contributed by atoms with E-state index in [2.05, 4.69) is 33.9 Å². The monoisotopic (exact) mass is 626 g/mol. The van der Waals surface area contributed by atoms with E-state index in [1.165, 1.54) is 11.1 Å². The van der Waals surface area contributed by atoms with E-state index >= 15 is 0 Å². The molecule has 6 rings (SSSR count). The molecule has 0 unspecified atom stereocenters. The Morgan fingerprint density at radius 2 is 1.91 bits per heavy atom. The molecule has 1 saturated carbocycles. The number of aryl methyl sites for hydroxylation is 1. The fraction of sp³-hybridized carbons (Fsp3) is 0.559. The van der Waals surface area contributed by atoms with Gasteiger partial charge in [-0.15, -0.1) is 0 Å². The Labute approximate surface area is 261 Å². The number of anilines is 1. The van der Waals surface area contributed by atoms with Crippen LogP contribution in [0.15, 0.2) is 48.6 Å². The number of rotatable bonds is 1. The third-order valence-electron chi connectivity index (χ3n) is 10.8. The molecule has 4 aliphatic rings. The number of hydrogen-bond donors (Lipinski definition) is 1. The number of carbonyl (C=O) groups excluding carboxylic acids is 1. The summed E-state index contributed by atoms with van der Waals surface area (Å²) < 4.78 is 41.7. The first-order valence-corrected chi connectivity index (χ1v) is 17.5. The summed E-state index contributed by atoms with van der Waals surface area (Å²) in [4.78, 5) is 15.8. The zero-order valence-corrected chi connectivity index (χ0v) is 27.1. The van der Waals surface area contributed by atoms with E-state index in [-0.39, 0.29) is 23.4 Å². The summed E-state index contributed by atoms with van der Waals surface area (Å²) in [5.41, 5.74) is 3.47. The summed E-state index contributed by atoms with van der Waals surface area (Å²) in [6.45, 7) is 7.68. The molecule has 2 aromatic carbocycles. The zero-order chi connectivity index (χ0) is 30.5. The first-order valence-electron chi connectivity index (χ1n) is 15.6. The quantitative estimate of drug-likeness (QED) is 0.383. The first kappa shape index (κ1) is 30.5. The van der Waals surface area contributed by atoms with Crippen LogP contribution in [0.3, 0.4) is 0 Å². The molecule has 0 radical (unpaired) electrons. The number of benzene rings is 2. The van der Waals surface area contributed by atoms with Gasteiger partial charge in [0, 0.05) is 36.2 Å². The van der Waals surface area contributed by atoms with E-state index in [0.29, 0.717) is 29.8 Å². The smallest absolute Gasteiger partial charge is 0.264 e. The minimum Gasteiger partial charge on any atom is -0.490 e. The Morgan fingerprint density at radius 3 is 2.65 bits per heavy atom. The van der Waals surface area contributed by atoms with Crippen LogP contribution in [0.1, 0.15) is 67.9 Å². The van der Waals surface area contributed by atoms with E-state index < -0.39 is 21.2 Å². The van der Waals surface area contributed by atoms with Crippen molar-refractivity contribution >= 4 is 33.2 Å². The second-order valence-electron chi connectivity index (χ2n) is 13.3. The van der Waals surface area contributed by atoms with Crippen molar-refractivity contribution in [2.24, 2.45) is 23.7 Å². The van der Waals surface area contributed by atoms with Crippen molar-refractivity contribution in [1.29, 1.82) is 0 Å². The summed E-state index contributed by atoms with van der Waals surface area (Å²) in [5.74, 6) is 0.639. The lowest BCUT2D eigenvalue weighted by molar-refractivity contribution is 0.0129. The van der Waals surface area contributed by atoms with Crippen LogP contribution < -0.4 is 14.4 Å². The molecule has 2 bridgehead atoms. The number of nitrogens with one attached hydrogen (secondary N) is 1. The lowest BCUT2D eigenvalue weighted by atomic mass is 9.68. The Morgan fingerprint density at radius 1 is 1.09 bits per heavy atom. The molecule has 0 saturated heterocycles. The Balaban J connectivity index is 1.44. The van der Waals surface area contributed by atoms with Crippen LogP contribution in [0.25, 0.3) is 0 Å². The minimum atomic E-state index is -3.92. The number of fused-ring (bicyclic) bond motifs is 4. The van der Waals surface area contributed by atoms with Gasteiger partial charge in [0.25, 0.3) is 5.91 Å². The molecule has 9 heteroatoms. The van der Waals surface area contributed by atoms with Gasteiger partial charge >= 0.3 is 0 Å². The lowest BCUT2D eigenvalue weighted by Gasteiger charge is -2.46. The molecule has 2 heterocycles. The van der Waals surface area contributed by atoms with Crippen LogP contribution in [-0.2, 0) is 26.6 Å². The van der Waals surface area contributed by atoms with Crippen LogP contribution in [0.2, 0.25) is 5.02 Å². The van der Waals surface area contributed by atoms with E-state index in [0.717, 1.165) is 55.9 Å². The standard InChI is InChI=1S/C34H43ClN2O5S/c1-21-7-13-31(41-4)28-11-8-26(28)18-37-19-34(15-5-6-24-16-27(35)10-12-29(24)34)20-42-32-14-9-25(17-30(32)37)33(38)36-43(39,40)23(3)22(21)2/h7,9-10,12-14,16-17,21-23,26,28,31H,5-6,8,11,15,18-20H2,1-4H3,(H,36,38)/b13-7-/t21-,22-,23+,26-,28+,31-,34-/m0/s1. The fourth-order valence-electron chi connectivity index (χ4n) is 7.64. The molecular formula is C34H43ClN2O5S. The Hall–Kier alpha value is -2.55. The van der Waals surface area contributed by atoms with Crippen molar-refractivity contribution in [2.45, 2.75) is 69.6 Å². The molecule has 1 amide bonds. The molecule has 0 aromatic heterocycles. The van der Waals surface area contributed by atoms with Gasteiger partial charge in [0.2, 0.25) is 10.0 Å². The molecule has 1 spiro atoms. The van der Waals surface area contributed by atoms with Gasteiger partial charge < -0.3 is 14.4 Å². The van der Waals surface area contributed by atoms with Gasteiger partial charge in [-0.1, -0.05) is 43.7 Å². The van der Waals surface area contributed by atoms with E-state index in [1.54, 1.807) is 20.1 Å². The second-order valence-corrected chi connectivity index (χ2v) is 15.7. The maximum absolute atomic E-state index is 13.4. The first-order chi connectivity index (χ1) is 20.5. The van der Waals surface area contributed by atoms with Gasteiger partial charge in [-0.05, 0) is 104 Å². The molecule has 7 nitrogen and oxygen atoms in total. The SMILES string of the molecule is CO[C@H]1/C=C\[C@H](C)[C@H](C)[C@@H](C)S(=O)(=O)NC(=O)c2ccc3c(c2)N(C[C@@H]2CC[C@H]21)C[C@@]1(CCCc2cc(Cl)ccc21)CO3. The molecule has 232 valence electrons. The average Bonchev–Trinajstić information content (AvgIpc) is 3.12. The number of amides is 1. The molecule has 7 atom stereocenters. The molecule has 2 aliphatic heterocycles. The van der Waals surface area contributed by atoms with Crippen LogP contribution in [-0.4, -0.2) is 52.5 Å². The van der Waals surface area contributed by atoms with Crippen LogP contribution in [0.5, 0.6) is 5.75 Å². The number of methoxy groups -OCH3 is 1. The van der Waals surface area contributed by atoms with Crippen molar-refractivity contribution < 1.29 is 22.7 Å². The Kier molecular flexibility index (Phi) is 8.33. The number of nitrogens with zero attached hydrogens (tertiary/aromatic N) is 1. The van der Waals surface area contributed by atoms with E-state index in [4.69, 9.17) is 21.1 Å². The van der Waals surface area contributed by atoms with Gasteiger partial charge in [-0.2, -0.15) is 0 Å². The molecule has 2 aliphatic carbocycles. The normalized spacial score (nSPS) is 34.5. The van der Waals surface area contributed by atoms with Crippen molar-refractivity contribution in [3.63, 3.8) is 0 Å². The highest BCUT2D eigenvalue weighted by Crippen LogP contribution is 2.47. The predicted molar refractivity (Wildman–Crippen MR) is 171 cm³/mol. The largest absolute Gasteiger partial charge is 0.490 e. The highest BCUT2D eigenvalue weighted by Gasteiger charge is 2.44. The topological polar surface area (TPSA) is 84.9 Å². The summed E-state index contributed by atoms with van der Waals surface area (Å²) in [6.07, 6.45) is 9.38. The van der Waals surface area contributed by atoms with Crippen molar-refractivity contribution in [1.82, 2.24) is 4.72 Å². The summed E-state index contributed by atoms with van der Waals surface area (Å²) in [7, 11) is -2.15. The third-order valence-corrected chi connectivity index (χ3v) is 12.9. The molecule has 1 N–H and O–H groups in total. The van der Waals surface area contributed by atoms with Gasteiger partial charge in [-0.25, -0.2) is 13.1 Å². The minimum absolute atomic E-state index is 0.0147. The lowest BCUT2D eigenvalue weighted by Crippen LogP contribution is -2.49. The average molecular weight is 627 g/mol. The van der Waals surface area contributed by atoms with Gasteiger partial charge in [0.15, 0.2) is 0 Å². The molecule has 43 heavy (non-hydrogen) atoms. The predicted octanol–water partition coefficient (Wildman–Crippen LogP) is 6.14. The maximum Gasteiger partial charge on any atom is 0.264 e. The Bertz CT molecular complexity index is 1530. The molecular weight excluding hydrogens is 584 g/mol. The number of halogens is 1. The number of ether oxygens (including phenoxy) is 2. The summed E-state index contributed by atoms with van der Waals surface area (Å²) in [6, 6.07) is 11.5. The maximum atomic E-state index is 13.4. The molecule has 2 aromatic rings. The van der Waals surface area contributed by atoms with Gasteiger partial charge in [0.1, 0.15) is 5.75 Å². The van der Waals surface area contributed by atoms with Crippen molar-refractivity contribution in [3.05, 3.63) is 70.3 Å². The van der Waals surface area contributed by atoms with Crippen LogP contribution in [0, 0.1) is 23.7 Å². The second kappa shape index (κ2) is 11.8. The van der Waals surface area contributed by atoms with Crippen LogP contribution in [0.4, 0.5) is 5.69 Å². The number of carbonyl (C=O) groups is 1. The third kappa shape index (κ3) is 5.71. The van der Waals surface area contributed by atoms with E-state index in [1.807, 2.05) is 32.0 Å². The van der Waals surface area contributed by atoms with Gasteiger partial charge in [-0.3, -0.25) is 4.79 Å². The summed E-state index contributed by atoms with van der Waals surface area (Å²) in [5, 5.41) is -0.0138. The van der Waals surface area contributed by atoms with Crippen LogP contribution >= 0.6 is 11.6 Å². The van der Waals surface area contributed by atoms with Crippen molar-refractivity contribution in [3.8, 4) is 5.75 Å². The van der Waals surface area contributed by atoms with E-state index in [9.17, 15) is 13.2 Å². The summed E-state index contributed by atoms with van der Waals surface area (Å²) >= 11 is 6.41. The fourth-order valence-corrected chi connectivity index (χ4v) is 9.21. The number of sulfonamides is 1. The van der Waals surface area contributed by atoms with Gasteiger partial charge in [0.05, 0.1) is 23.6 Å². The zero-order valence-electron chi connectivity index (χ0n) is 25.5. The number of hydrogen-bond acceptors (Lipinski definition) is 6. The number of allylic oxidation sites excluding steroid dienone is 1. The van der Waals surface area contributed by atoms with Crippen molar-refractivity contribution in [2.75, 3.05) is 31.7 Å². The highest BCUT2D eigenvalue weighted by atomic mass is 35.5.